The number of ether oxygens (including phenoxy) is 2. The Morgan fingerprint density at radius 3 is 2.64 bits per heavy atom. The molecular formula is C18H17F2N3O5. The molecule has 0 fully saturated rings. The molecule has 0 bridgehead atoms. The lowest BCUT2D eigenvalue weighted by molar-refractivity contribution is -0.385. The molecule has 0 heterocycles. The van der Waals surface area contributed by atoms with Crippen LogP contribution in [0.4, 0.5) is 14.5 Å². The Morgan fingerprint density at radius 1 is 1.25 bits per heavy atom. The van der Waals surface area contributed by atoms with Gasteiger partial charge < -0.3 is 9.47 Å². The summed E-state index contributed by atoms with van der Waals surface area (Å²) in [6.07, 6.45) is 0. The molecule has 0 aromatic heterocycles. The molecule has 1 N–H and O–H groups in total. The van der Waals surface area contributed by atoms with Crippen molar-refractivity contribution in [2.75, 3.05) is 6.61 Å². The van der Waals surface area contributed by atoms with Gasteiger partial charge in [0.2, 0.25) is 0 Å². The SMILES string of the molecule is C/C(=N/NC(=O)COc1ccccc1[N+](=O)[O-])c1cc(C)ccc1OC(F)F. The first-order valence-corrected chi connectivity index (χ1v) is 8.03. The number of halogens is 2. The van der Waals surface area contributed by atoms with Gasteiger partial charge in [0, 0.05) is 11.6 Å². The van der Waals surface area contributed by atoms with Crippen LogP contribution in [0.5, 0.6) is 11.5 Å². The molecule has 0 radical (unpaired) electrons. The summed E-state index contributed by atoms with van der Waals surface area (Å²) in [5, 5.41) is 14.8. The molecule has 0 saturated heterocycles. The summed E-state index contributed by atoms with van der Waals surface area (Å²) in [4.78, 5) is 22.2. The summed E-state index contributed by atoms with van der Waals surface area (Å²) in [5.41, 5.74) is 3.25. The van der Waals surface area contributed by atoms with Crippen molar-refractivity contribution in [1.82, 2.24) is 5.43 Å². The maximum absolute atomic E-state index is 12.5. The monoisotopic (exact) mass is 393 g/mol. The van der Waals surface area contributed by atoms with Crippen LogP contribution in [0.15, 0.2) is 47.6 Å². The third-order valence-corrected chi connectivity index (χ3v) is 3.51. The van der Waals surface area contributed by atoms with Crippen molar-refractivity contribution < 1.29 is 28.0 Å². The van der Waals surface area contributed by atoms with Gasteiger partial charge in [-0.1, -0.05) is 23.8 Å². The highest BCUT2D eigenvalue weighted by Crippen LogP contribution is 2.25. The molecule has 10 heteroatoms. The van der Waals surface area contributed by atoms with Gasteiger partial charge in [-0.3, -0.25) is 14.9 Å². The lowest BCUT2D eigenvalue weighted by Crippen LogP contribution is -2.26. The highest BCUT2D eigenvalue weighted by Gasteiger charge is 2.15. The zero-order valence-electron chi connectivity index (χ0n) is 15.0. The lowest BCUT2D eigenvalue weighted by atomic mass is 10.1. The number of carbonyl (C=O) groups excluding carboxylic acids is 1. The summed E-state index contributed by atoms with van der Waals surface area (Å²) in [6, 6.07) is 10.2. The van der Waals surface area contributed by atoms with E-state index in [0.29, 0.717) is 5.56 Å². The number of carbonyl (C=O) groups is 1. The Bertz CT molecular complexity index is 903. The second-order valence-corrected chi connectivity index (χ2v) is 5.62. The molecule has 1 amide bonds. The van der Waals surface area contributed by atoms with Crippen molar-refractivity contribution in [2.24, 2.45) is 5.10 Å². The average molecular weight is 393 g/mol. The van der Waals surface area contributed by atoms with E-state index in [1.165, 1.54) is 37.3 Å². The van der Waals surface area contributed by atoms with Gasteiger partial charge in [-0.25, -0.2) is 5.43 Å². The minimum Gasteiger partial charge on any atom is -0.477 e. The molecule has 0 aliphatic carbocycles. The number of nitrogens with zero attached hydrogens (tertiary/aromatic N) is 2. The Morgan fingerprint density at radius 2 is 1.96 bits per heavy atom. The van der Waals surface area contributed by atoms with E-state index in [0.717, 1.165) is 5.56 Å². The molecule has 28 heavy (non-hydrogen) atoms. The fraction of sp³-hybridized carbons (Fsp3) is 0.222. The Labute approximate surface area is 158 Å². The van der Waals surface area contributed by atoms with Crippen LogP contribution in [0.3, 0.4) is 0 Å². The van der Waals surface area contributed by atoms with Crippen molar-refractivity contribution in [3.8, 4) is 11.5 Å². The van der Waals surface area contributed by atoms with E-state index >= 15 is 0 Å². The average Bonchev–Trinajstić information content (AvgIpc) is 2.65. The first-order valence-electron chi connectivity index (χ1n) is 8.03. The molecule has 2 rings (SSSR count). The molecule has 0 aliphatic heterocycles. The number of alkyl halides is 2. The van der Waals surface area contributed by atoms with Crippen molar-refractivity contribution in [3.05, 3.63) is 63.7 Å². The van der Waals surface area contributed by atoms with Gasteiger partial charge in [-0.15, -0.1) is 0 Å². The number of rotatable bonds is 8. The van der Waals surface area contributed by atoms with Crippen LogP contribution >= 0.6 is 0 Å². The highest BCUT2D eigenvalue weighted by atomic mass is 19.3. The van der Waals surface area contributed by atoms with Crippen molar-refractivity contribution in [1.29, 1.82) is 0 Å². The highest BCUT2D eigenvalue weighted by molar-refractivity contribution is 6.01. The van der Waals surface area contributed by atoms with E-state index in [1.807, 2.05) is 0 Å². The van der Waals surface area contributed by atoms with E-state index < -0.39 is 24.0 Å². The normalized spacial score (nSPS) is 11.2. The number of nitro groups is 1. The number of aryl methyl sites for hydroxylation is 1. The van der Waals surface area contributed by atoms with Crippen LogP contribution in [-0.2, 0) is 4.79 Å². The largest absolute Gasteiger partial charge is 0.477 e. The van der Waals surface area contributed by atoms with E-state index in [4.69, 9.17) is 4.74 Å². The van der Waals surface area contributed by atoms with Crippen molar-refractivity contribution in [2.45, 2.75) is 20.5 Å². The molecule has 0 spiro atoms. The van der Waals surface area contributed by atoms with Crippen LogP contribution in [0.25, 0.3) is 0 Å². The number of amides is 1. The molecule has 0 saturated carbocycles. The molecule has 8 nitrogen and oxygen atoms in total. The number of benzene rings is 2. The van der Waals surface area contributed by atoms with Gasteiger partial charge in [0.15, 0.2) is 12.4 Å². The zero-order chi connectivity index (χ0) is 20.7. The van der Waals surface area contributed by atoms with Gasteiger partial charge in [-0.05, 0) is 32.0 Å². The summed E-state index contributed by atoms with van der Waals surface area (Å²) in [6.45, 7) is -0.243. The van der Waals surface area contributed by atoms with Gasteiger partial charge in [0.25, 0.3) is 5.91 Å². The summed E-state index contributed by atoms with van der Waals surface area (Å²) >= 11 is 0. The predicted octanol–water partition coefficient (Wildman–Crippen LogP) is 3.42. The first kappa shape index (κ1) is 20.7. The van der Waals surface area contributed by atoms with E-state index in [-0.39, 0.29) is 22.9 Å². The number of hydrazone groups is 1. The Hall–Kier alpha value is -3.56. The molecule has 0 atom stereocenters. The first-order chi connectivity index (χ1) is 13.3. The standard InChI is InChI=1S/C18H17F2N3O5/c1-11-7-8-15(28-18(19)20)13(9-11)12(2)21-22-17(24)10-27-16-6-4-3-5-14(16)23(25)26/h3-9,18H,10H2,1-2H3,(H,22,24)/b21-12-. The minimum absolute atomic E-state index is 0.0605. The molecule has 2 aromatic carbocycles. The summed E-state index contributed by atoms with van der Waals surface area (Å²) in [7, 11) is 0. The maximum atomic E-state index is 12.5. The number of hydrogen-bond acceptors (Lipinski definition) is 6. The lowest BCUT2D eigenvalue weighted by Gasteiger charge is -2.11. The van der Waals surface area contributed by atoms with Gasteiger partial charge in [0.05, 0.1) is 10.6 Å². The van der Waals surface area contributed by atoms with Crippen LogP contribution in [0.1, 0.15) is 18.1 Å². The molecule has 0 unspecified atom stereocenters. The predicted molar refractivity (Wildman–Crippen MR) is 96.8 cm³/mol. The van der Waals surface area contributed by atoms with Gasteiger partial charge in [0.1, 0.15) is 5.75 Å². The van der Waals surface area contributed by atoms with E-state index in [9.17, 15) is 23.7 Å². The fourth-order valence-corrected chi connectivity index (χ4v) is 2.24. The third kappa shape index (κ3) is 5.73. The molecule has 0 aliphatic rings. The molecule has 148 valence electrons. The Balaban J connectivity index is 2.05. The summed E-state index contributed by atoms with van der Waals surface area (Å²) < 4.78 is 34.7. The topological polar surface area (TPSA) is 103 Å². The van der Waals surface area contributed by atoms with Crippen LogP contribution in [-0.4, -0.2) is 29.8 Å². The smallest absolute Gasteiger partial charge is 0.387 e. The minimum atomic E-state index is -3.00. The number of nitro benzene ring substituents is 1. The third-order valence-electron chi connectivity index (χ3n) is 3.51. The Kier molecular flexibility index (Phi) is 6.96. The fourth-order valence-electron chi connectivity index (χ4n) is 2.24. The van der Waals surface area contributed by atoms with Crippen LogP contribution < -0.4 is 14.9 Å². The second-order valence-electron chi connectivity index (χ2n) is 5.62. The van der Waals surface area contributed by atoms with Gasteiger partial charge >= 0.3 is 12.3 Å². The number of hydrogen-bond donors (Lipinski definition) is 1. The maximum Gasteiger partial charge on any atom is 0.387 e. The molecular weight excluding hydrogens is 376 g/mol. The second kappa shape index (κ2) is 9.40. The van der Waals surface area contributed by atoms with Gasteiger partial charge in [-0.2, -0.15) is 13.9 Å². The van der Waals surface area contributed by atoms with E-state index in [1.54, 1.807) is 19.1 Å². The quantitative estimate of drug-likeness (QED) is 0.420. The number of para-hydroxylation sites is 2. The number of nitrogens with one attached hydrogen (secondary N) is 1. The zero-order valence-corrected chi connectivity index (χ0v) is 15.0. The van der Waals surface area contributed by atoms with Crippen LogP contribution in [0.2, 0.25) is 0 Å². The van der Waals surface area contributed by atoms with Crippen LogP contribution in [0, 0.1) is 17.0 Å². The molecule has 2 aromatic rings. The van der Waals surface area contributed by atoms with Crippen molar-refractivity contribution in [3.63, 3.8) is 0 Å². The van der Waals surface area contributed by atoms with E-state index in [2.05, 4.69) is 15.3 Å². The summed E-state index contributed by atoms with van der Waals surface area (Å²) in [5.74, 6) is -0.816. The van der Waals surface area contributed by atoms with Crippen molar-refractivity contribution >= 4 is 17.3 Å².